The van der Waals surface area contributed by atoms with Gasteiger partial charge in [-0.1, -0.05) is 18.2 Å². The number of methoxy groups -OCH3 is 1. The Labute approximate surface area is 103 Å². The van der Waals surface area contributed by atoms with Gasteiger partial charge >= 0.3 is 0 Å². The fourth-order valence-corrected chi connectivity index (χ4v) is 2.34. The van der Waals surface area contributed by atoms with Crippen LogP contribution in [0.2, 0.25) is 0 Å². The van der Waals surface area contributed by atoms with Crippen LogP contribution in [0.4, 0.5) is 0 Å². The Balaban J connectivity index is 2.22. The van der Waals surface area contributed by atoms with Crippen LogP contribution in [0, 0.1) is 0 Å². The van der Waals surface area contributed by atoms with Crippen molar-refractivity contribution in [1.29, 1.82) is 0 Å². The van der Waals surface area contributed by atoms with Crippen molar-refractivity contribution in [3.63, 3.8) is 0 Å². The number of ether oxygens (including phenoxy) is 2. The van der Waals surface area contributed by atoms with Crippen LogP contribution < -0.4 is 10.1 Å². The molecule has 0 saturated heterocycles. The molecule has 1 aliphatic rings. The average molecular weight is 235 g/mol. The summed E-state index contributed by atoms with van der Waals surface area (Å²) in [7, 11) is 3.74. The first-order valence-electron chi connectivity index (χ1n) is 6.21. The van der Waals surface area contributed by atoms with Gasteiger partial charge in [0.25, 0.3) is 0 Å². The van der Waals surface area contributed by atoms with E-state index in [9.17, 15) is 0 Å². The van der Waals surface area contributed by atoms with Crippen LogP contribution in [0.25, 0.3) is 0 Å². The van der Waals surface area contributed by atoms with E-state index in [0.29, 0.717) is 0 Å². The highest BCUT2D eigenvalue weighted by Gasteiger charge is 2.22. The fraction of sp³-hybridized carbons (Fsp3) is 0.571. The minimum atomic E-state index is 0.240. The maximum atomic E-state index is 5.75. The maximum Gasteiger partial charge on any atom is 0.127 e. The van der Waals surface area contributed by atoms with Gasteiger partial charge in [-0.15, -0.1) is 0 Å². The van der Waals surface area contributed by atoms with E-state index in [1.165, 1.54) is 11.1 Å². The molecule has 1 aromatic carbocycles. The van der Waals surface area contributed by atoms with Crippen LogP contribution in [0.1, 0.15) is 30.5 Å². The molecule has 1 N–H and O–H groups in total. The number of hydrogen-bond donors (Lipinski definition) is 1. The van der Waals surface area contributed by atoms with Gasteiger partial charge in [0.2, 0.25) is 0 Å². The van der Waals surface area contributed by atoms with Gasteiger partial charge in [-0.2, -0.15) is 0 Å². The quantitative estimate of drug-likeness (QED) is 0.849. The molecule has 1 aliphatic heterocycles. The molecule has 94 valence electrons. The summed E-state index contributed by atoms with van der Waals surface area (Å²) < 4.78 is 11.1. The Morgan fingerprint density at radius 3 is 3.00 bits per heavy atom. The first-order chi connectivity index (χ1) is 8.26. The molecule has 0 aromatic heterocycles. The Kier molecular flexibility index (Phi) is 4.02. The summed E-state index contributed by atoms with van der Waals surface area (Å²) in [4.78, 5) is 0. The summed E-state index contributed by atoms with van der Waals surface area (Å²) in [5.74, 6) is 1.08. The third-order valence-electron chi connectivity index (χ3n) is 3.44. The smallest absolute Gasteiger partial charge is 0.127 e. The van der Waals surface area contributed by atoms with E-state index in [0.717, 1.165) is 25.2 Å². The zero-order valence-corrected chi connectivity index (χ0v) is 10.8. The van der Waals surface area contributed by atoms with E-state index >= 15 is 0 Å². The van der Waals surface area contributed by atoms with Crippen LogP contribution in [0.5, 0.6) is 5.75 Å². The Morgan fingerprint density at radius 2 is 2.29 bits per heavy atom. The molecule has 1 aromatic rings. The second kappa shape index (κ2) is 5.52. The molecule has 2 atom stereocenters. The predicted molar refractivity (Wildman–Crippen MR) is 68.5 cm³/mol. The zero-order valence-electron chi connectivity index (χ0n) is 10.8. The highest BCUT2D eigenvalue weighted by atomic mass is 16.5. The normalized spacial score (nSPS) is 17.4. The molecule has 0 amide bonds. The van der Waals surface area contributed by atoms with Gasteiger partial charge in [0.1, 0.15) is 5.75 Å². The average Bonchev–Trinajstić information content (AvgIpc) is 2.83. The molecule has 0 bridgehead atoms. The van der Waals surface area contributed by atoms with Gasteiger partial charge in [-0.3, -0.25) is 0 Å². The van der Waals surface area contributed by atoms with E-state index in [1.54, 1.807) is 7.11 Å². The van der Waals surface area contributed by atoms with Gasteiger partial charge in [0.05, 0.1) is 12.7 Å². The van der Waals surface area contributed by atoms with Crippen molar-refractivity contribution in [1.82, 2.24) is 5.32 Å². The highest BCUT2D eigenvalue weighted by molar-refractivity contribution is 5.45. The molecule has 3 heteroatoms. The number of hydrogen-bond acceptors (Lipinski definition) is 3. The summed E-state index contributed by atoms with van der Waals surface area (Å²) in [6, 6.07) is 6.70. The molecule has 2 rings (SSSR count). The zero-order chi connectivity index (χ0) is 12.3. The van der Waals surface area contributed by atoms with Crippen molar-refractivity contribution in [2.24, 2.45) is 0 Å². The largest absolute Gasteiger partial charge is 0.493 e. The van der Waals surface area contributed by atoms with E-state index < -0.39 is 0 Å². The van der Waals surface area contributed by atoms with E-state index in [2.05, 4.69) is 30.4 Å². The summed E-state index contributed by atoms with van der Waals surface area (Å²) in [5, 5.41) is 3.35. The lowest BCUT2D eigenvalue weighted by atomic mass is 9.98. The lowest BCUT2D eigenvalue weighted by Gasteiger charge is -2.22. The highest BCUT2D eigenvalue weighted by Crippen LogP contribution is 2.35. The van der Waals surface area contributed by atoms with Crippen molar-refractivity contribution in [2.45, 2.75) is 31.9 Å². The van der Waals surface area contributed by atoms with Crippen LogP contribution in [0.15, 0.2) is 18.2 Å². The van der Waals surface area contributed by atoms with Crippen molar-refractivity contribution >= 4 is 0 Å². The second-order valence-electron chi connectivity index (χ2n) is 4.56. The van der Waals surface area contributed by atoms with Crippen molar-refractivity contribution < 1.29 is 9.47 Å². The van der Waals surface area contributed by atoms with Crippen molar-refractivity contribution in [2.75, 3.05) is 20.8 Å². The summed E-state index contributed by atoms with van der Waals surface area (Å²) in [6.07, 6.45) is 2.22. The van der Waals surface area contributed by atoms with Crippen molar-refractivity contribution in [3.8, 4) is 5.75 Å². The summed E-state index contributed by atoms with van der Waals surface area (Å²) >= 11 is 0. The van der Waals surface area contributed by atoms with Gasteiger partial charge in [-0.05, 0) is 26.0 Å². The molecule has 17 heavy (non-hydrogen) atoms. The first kappa shape index (κ1) is 12.4. The van der Waals surface area contributed by atoms with Crippen LogP contribution in [0.3, 0.4) is 0 Å². The number of benzene rings is 1. The minimum Gasteiger partial charge on any atom is -0.493 e. The van der Waals surface area contributed by atoms with E-state index in [4.69, 9.17) is 9.47 Å². The number of para-hydroxylation sites is 1. The number of nitrogens with one attached hydrogen (secondary N) is 1. The van der Waals surface area contributed by atoms with E-state index in [1.807, 2.05) is 7.05 Å². The third-order valence-corrected chi connectivity index (χ3v) is 3.44. The molecule has 0 fully saturated rings. The molecule has 0 saturated carbocycles. The van der Waals surface area contributed by atoms with Gasteiger partial charge in [-0.25, -0.2) is 0 Å². The minimum absolute atomic E-state index is 0.240. The van der Waals surface area contributed by atoms with Crippen molar-refractivity contribution in [3.05, 3.63) is 29.3 Å². The lowest BCUT2D eigenvalue weighted by Crippen LogP contribution is -2.22. The molecule has 1 heterocycles. The molecular weight excluding hydrogens is 214 g/mol. The Bertz CT molecular complexity index is 378. The summed E-state index contributed by atoms with van der Waals surface area (Å²) in [6.45, 7) is 2.90. The van der Waals surface area contributed by atoms with E-state index in [-0.39, 0.29) is 12.1 Å². The van der Waals surface area contributed by atoms with Gasteiger partial charge in [0, 0.05) is 25.1 Å². The lowest BCUT2D eigenvalue weighted by molar-refractivity contribution is 0.101. The molecule has 3 nitrogen and oxygen atoms in total. The molecular formula is C14H21NO2. The molecule has 0 radical (unpaired) electrons. The molecule has 2 unspecified atom stereocenters. The third kappa shape index (κ3) is 2.61. The molecule has 0 spiro atoms. The Hall–Kier alpha value is -1.06. The summed E-state index contributed by atoms with van der Waals surface area (Å²) in [5.41, 5.74) is 2.58. The van der Waals surface area contributed by atoms with Crippen LogP contribution in [-0.2, 0) is 11.2 Å². The van der Waals surface area contributed by atoms with Crippen LogP contribution >= 0.6 is 0 Å². The van der Waals surface area contributed by atoms with Gasteiger partial charge in [0.15, 0.2) is 0 Å². The first-order valence-corrected chi connectivity index (χ1v) is 6.21. The Morgan fingerprint density at radius 1 is 1.47 bits per heavy atom. The predicted octanol–water partition coefficient (Wildman–Crippen LogP) is 2.31. The standard InChI is InChI=1S/C14H21NO2/c1-10(16-3)9-13(15-2)12-6-4-5-11-7-8-17-14(11)12/h4-6,10,13,15H,7-9H2,1-3H3. The van der Waals surface area contributed by atoms with Crippen LogP contribution in [-0.4, -0.2) is 26.9 Å². The second-order valence-corrected chi connectivity index (χ2v) is 4.56. The van der Waals surface area contributed by atoms with Gasteiger partial charge < -0.3 is 14.8 Å². The fourth-order valence-electron chi connectivity index (χ4n) is 2.34. The molecule has 0 aliphatic carbocycles. The maximum absolute atomic E-state index is 5.75. The number of fused-ring (bicyclic) bond motifs is 1. The monoisotopic (exact) mass is 235 g/mol. The SMILES string of the molecule is CNC(CC(C)OC)c1cccc2c1OCC2. The topological polar surface area (TPSA) is 30.5 Å². The number of rotatable bonds is 5.